The van der Waals surface area contributed by atoms with Crippen molar-refractivity contribution in [2.75, 3.05) is 13.1 Å². The Balaban J connectivity index is 1.34. The molecular formula is C17H21N5O2S. The first kappa shape index (κ1) is 16.3. The van der Waals surface area contributed by atoms with E-state index in [1.165, 1.54) is 0 Å². The zero-order valence-electron chi connectivity index (χ0n) is 14.1. The summed E-state index contributed by atoms with van der Waals surface area (Å²) in [6.07, 6.45) is 3.10. The normalized spacial score (nSPS) is 17.3. The summed E-state index contributed by atoms with van der Waals surface area (Å²) in [6.45, 7) is 3.98. The number of carbonyl (C=O) groups excluding carboxylic acids is 1. The largest absolute Gasteiger partial charge is 0.387 e. The van der Waals surface area contributed by atoms with E-state index in [1.54, 1.807) is 29.1 Å². The van der Waals surface area contributed by atoms with Crippen LogP contribution < -0.4 is 0 Å². The van der Waals surface area contributed by atoms with Gasteiger partial charge in [-0.1, -0.05) is 5.21 Å². The smallest absolute Gasteiger partial charge is 0.270 e. The van der Waals surface area contributed by atoms with Gasteiger partial charge in [-0.05, 0) is 43.2 Å². The van der Waals surface area contributed by atoms with Crippen molar-refractivity contribution in [3.05, 3.63) is 35.1 Å². The summed E-state index contributed by atoms with van der Waals surface area (Å²) in [5.74, 6) is 0.554. The number of fused-ring (bicyclic) bond motifs is 1. The first-order valence-electron chi connectivity index (χ1n) is 8.54. The minimum atomic E-state index is -0.594. The number of aliphatic hydroxyl groups is 1. The quantitative estimate of drug-likeness (QED) is 0.749. The van der Waals surface area contributed by atoms with Gasteiger partial charge in [0.15, 0.2) is 0 Å². The van der Waals surface area contributed by atoms with E-state index >= 15 is 0 Å². The molecule has 1 saturated heterocycles. The molecule has 8 heteroatoms. The molecule has 0 radical (unpaired) electrons. The van der Waals surface area contributed by atoms with E-state index in [4.69, 9.17) is 0 Å². The summed E-state index contributed by atoms with van der Waals surface area (Å²) in [6, 6.07) is 3.95. The lowest BCUT2D eigenvalue weighted by atomic mass is 9.96. The van der Waals surface area contributed by atoms with Gasteiger partial charge in [0.05, 0.1) is 22.5 Å². The van der Waals surface area contributed by atoms with Crippen LogP contribution in [0, 0.1) is 5.92 Å². The number of hydrogen-bond donors (Lipinski definition) is 2. The number of aromatic nitrogens is 4. The van der Waals surface area contributed by atoms with Crippen LogP contribution in [0.2, 0.25) is 0 Å². The number of aromatic amines is 1. The van der Waals surface area contributed by atoms with Gasteiger partial charge in [-0.25, -0.2) is 0 Å². The number of likely N-dealkylation sites (tertiary alicyclic amines) is 1. The van der Waals surface area contributed by atoms with Crippen LogP contribution in [0.25, 0.3) is 10.2 Å². The second-order valence-electron chi connectivity index (χ2n) is 6.66. The summed E-state index contributed by atoms with van der Waals surface area (Å²) < 4.78 is 2.92. The summed E-state index contributed by atoms with van der Waals surface area (Å²) in [5.41, 5.74) is 2.31. The molecule has 0 bridgehead atoms. The van der Waals surface area contributed by atoms with Crippen LogP contribution in [0.4, 0.5) is 0 Å². The van der Waals surface area contributed by atoms with Crippen molar-refractivity contribution in [1.29, 1.82) is 0 Å². The van der Waals surface area contributed by atoms with Crippen LogP contribution >= 0.6 is 11.3 Å². The van der Waals surface area contributed by atoms with E-state index in [1.807, 2.05) is 22.4 Å². The number of thiophene rings is 1. The third-order valence-corrected chi connectivity index (χ3v) is 5.67. The number of piperidine rings is 1. The molecule has 4 rings (SSSR count). The van der Waals surface area contributed by atoms with Gasteiger partial charge in [-0.2, -0.15) is 0 Å². The lowest BCUT2D eigenvalue weighted by Gasteiger charge is -2.31. The number of nitrogens with zero attached hydrogens (tertiary/aromatic N) is 4. The van der Waals surface area contributed by atoms with Crippen molar-refractivity contribution in [2.24, 2.45) is 5.92 Å². The van der Waals surface area contributed by atoms with Crippen LogP contribution in [-0.2, 0) is 6.54 Å². The fourth-order valence-corrected chi connectivity index (χ4v) is 4.09. The highest BCUT2D eigenvalue weighted by Gasteiger charge is 2.25. The van der Waals surface area contributed by atoms with Gasteiger partial charge in [0, 0.05) is 19.6 Å². The molecule has 0 aliphatic carbocycles. The average molecular weight is 359 g/mol. The number of amides is 1. The molecular weight excluding hydrogens is 338 g/mol. The molecule has 3 aromatic heterocycles. The van der Waals surface area contributed by atoms with E-state index in [9.17, 15) is 9.90 Å². The molecule has 4 heterocycles. The van der Waals surface area contributed by atoms with Crippen molar-refractivity contribution in [1.82, 2.24) is 24.9 Å². The molecule has 0 spiro atoms. The van der Waals surface area contributed by atoms with E-state index in [0.29, 0.717) is 17.3 Å². The van der Waals surface area contributed by atoms with E-state index in [-0.39, 0.29) is 5.91 Å². The molecule has 7 nitrogen and oxygen atoms in total. The molecule has 0 aromatic carbocycles. The molecule has 25 heavy (non-hydrogen) atoms. The van der Waals surface area contributed by atoms with Crippen molar-refractivity contribution in [3.8, 4) is 0 Å². The Kier molecular flexibility index (Phi) is 4.30. The number of rotatable bonds is 4. The minimum Gasteiger partial charge on any atom is -0.387 e. The Morgan fingerprint density at radius 3 is 2.96 bits per heavy atom. The van der Waals surface area contributed by atoms with Gasteiger partial charge < -0.3 is 15.0 Å². The fourth-order valence-electron chi connectivity index (χ4n) is 3.31. The molecule has 0 saturated carbocycles. The Labute approximate surface area is 149 Å². The van der Waals surface area contributed by atoms with Crippen molar-refractivity contribution in [3.63, 3.8) is 0 Å². The Bertz CT molecular complexity index is 844. The maximum absolute atomic E-state index is 12.7. The molecule has 1 amide bonds. The van der Waals surface area contributed by atoms with Crippen LogP contribution in [0.1, 0.15) is 42.1 Å². The molecule has 1 aliphatic rings. The third-order valence-electron chi connectivity index (χ3n) is 4.80. The second-order valence-corrected chi connectivity index (χ2v) is 7.61. The molecule has 132 valence electrons. The minimum absolute atomic E-state index is 0.0824. The highest BCUT2D eigenvalue weighted by atomic mass is 32.1. The molecule has 1 unspecified atom stereocenters. The van der Waals surface area contributed by atoms with Gasteiger partial charge in [-0.3, -0.25) is 9.48 Å². The number of aliphatic hydroxyl groups excluding tert-OH is 1. The third kappa shape index (κ3) is 3.32. The van der Waals surface area contributed by atoms with E-state index in [0.717, 1.165) is 42.7 Å². The van der Waals surface area contributed by atoms with Gasteiger partial charge >= 0.3 is 0 Å². The summed E-state index contributed by atoms with van der Waals surface area (Å²) >= 11 is 1.64. The zero-order chi connectivity index (χ0) is 17.4. The lowest BCUT2D eigenvalue weighted by Crippen LogP contribution is -2.39. The highest BCUT2D eigenvalue weighted by Crippen LogP contribution is 2.24. The van der Waals surface area contributed by atoms with Crippen molar-refractivity contribution in [2.45, 2.75) is 32.4 Å². The monoisotopic (exact) mass is 359 g/mol. The Morgan fingerprint density at radius 1 is 1.48 bits per heavy atom. The number of H-pyrrole nitrogens is 1. The van der Waals surface area contributed by atoms with Gasteiger partial charge in [0.2, 0.25) is 0 Å². The molecule has 2 N–H and O–H groups in total. The average Bonchev–Trinajstić information content (AvgIpc) is 3.30. The predicted octanol–water partition coefficient (Wildman–Crippen LogP) is 2.43. The summed E-state index contributed by atoms with van der Waals surface area (Å²) in [4.78, 5) is 17.8. The van der Waals surface area contributed by atoms with E-state index in [2.05, 4.69) is 15.3 Å². The van der Waals surface area contributed by atoms with Crippen LogP contribution in [0.5, 0.6) is 0 Å². The standard InChI is InChI=1S/C17H21N5O2S/c1-11(23)15-10-22(20-19-15)9-12-2-5-21(6-3-12)17(24)14-8-16-13(18-14)4-7-25-16/h4,7-8,10-12,18,23H,2-3,5-6,9H2,1H3. The highest BCUT2D eigenvalue weighted by molar-refractivity contribution is 7.17. The van der Waals surface area contributed by atoms with Crippen LogP contribution in [0.3, 0.4) is 0 Å². The van der Waals surface area contributed by atoms with Crippen molar-refractivity contribution >= 4 is 27.5 Å². The maximum atomic E-state index is 12.7. The van der Waals surface area contributed by atoms with Gasteiger partial charge in [0.1, 0.15) is 11.4 Å². The van der Waals surface area contributed by atoms with Crippen molar-refractivity contribution < 1.29 is 9.90 Å². The molecule has 1 atom stereocenters. The molecule has 1 fully saturated rings. The Hall–Kier alpha value is -2.19. The molecule has 1 aliphatic heterocycles. The molecule has 3 aromatic rings. The van der Waals surface area contributed by atoms with Crippen LogP contribution in [-0.4, -0.2) is 49.0 Å². The first-order chi connectivity index (χ1) is 12.1. The van der Waals surface area contributed by atoms with Gasteiger partial charge in [0.25, 0.3) is 5.91 Å². The SMILES string of the molecule is CC(O)c1cn(CC2CCN(C(=O)c3cc4sccc4[nH]3)CC2)nn1. The first-order valence-corrected chi connectivity index (χ1v) is 9.41. The topological polar surface area (TPSA) is 87.0 Å². The fraction of sp³-hybridized carbons (Fsp3) is 0.471. The van der Waals surface area contributed by atoms with Gasteiger partial charge in [-0.15, -0.1) is 16.4 Å². The predicted molar refractivity (Wildman–Crippen MR) is 95.5 cm³/mol. The maximum Gasteiger partial charge on any atom is 0.270 e. The number of nitrogens with one attached hydrogen (secondary N) is 1. The number of hydrogen-bond acceptors (Lipinski definition) is 5. The van der Waals surface area contributed by atoms with Crippen LogP contribution in [0.15, 0.2) is 23.7 Å². The van der Waals surface area contributed by atoms with E-state index < -0.39 is 6.10 Å². The Morgan fingerprint density at radius 2 is 2.28 bits per heavy atom. The summed E-state index contributed by atoms with van der Waals surface area (Å²) in [7, 11) is 0. The second kappa shape index (κ2) is 6.61. The summed E-state index contributed by atoms with van der Waals surface area (Å²) in [5, 5.41) is 19.6. The number of carbonyl (C=O) groups is 1. The lowest BCUT2D eigenvalue weighted by molar-refractivity contribution is 0.0676. The zero-order valence-corrected chi connectivity index (χ0v) is 14.9.